The molecule has 1 N–H and O–H groups in total. The second-order valence-corrected chi connectivity index (χ2v) is 12.4. The topological polar surface area (TPSA) is 92.6 Å². The summed E-state index contributed by atoms with van der Waals surface area (Å²) in [6, 6.07) is 14.0. The smallest absolute Gasteiger partial charge is 0.335 e. The molecular formula is C33H35N3O4S. The maximum atomic E-state index is 13.4. The standard InChI is InChI=1S/C33H35N3O4S/c1-20-32(41-21(2)34-20)29-11-8-23-16-24(9-10-28(23)35-29)31-25(19-30(37)36-12-14-40-15-13-36)17-26(33(38)39)18-27(31)22-6-4-3-5-7-22/h8-11,16-18,22H,3-7,12-15,19H2,1-2H3,(H,38,39). The first-order valence-corrected chi connectivity index (χ1v) is 15.3. The number of morpholine rings is 1. The largest absolute Gasteiger partial charge is 0.478 e. The van der Waals surface area contributed by atoms with E-state index in [2.05, 4.69) is 23.2 Å². The van der Waals surface area contributed by atoms with Crippen LogP contribution in [0.3, 0.4) is 0 Å². The van der Waals surface area contributed by atoms with E-state index in [-0.39, 0.29) is 23.8 Å². The van der Waals surface area contributed by atoms with Crippen molar-refractivity contribution in [3.05, 3.63) is 69.9 Å². The van der Waals surface area contributed by atoms with Gasteiger partial charge in [0, 0.05) is 18.5 Å². The predicted molar refractivity (Wildman–Crippen MR) is 162 cm³/mol. The Bertz CT molecular complexity index is 1620. The third-order valence-corrected chi connectivity index (χ3v) is 9.46. The lowest BCUT2D eigenvalue weighted by molar-refractivity contribution is -0.134. The summed E-state index contributed by atoms with van der Waals surface area (Å²) in [4.78, 5) is 38.1. The molecule has 0 atom stereocenters. The number of fused-ring (bicyclic) bond motifs is 1. The van der Waals surface area contributed by atoms with Crippen molar-refractivity contribution in [1.82, 2.24) is 14.9 Å². The van der Waals surface area contributed by atoms with Gasteiger partial charge in [0.2, 0.25) is 5.91 Å². The minimum Gasteiger partial charge on any atom is -0.478 e. The predicted octanol–water partition coefficient (Wildman–Crippen LogP) is 6.79. The number of benzene rings is 2. The van der Waals surface area contributed by atoms with E-state index in [0.29, 0.717) is 26.3 Å². The number of ether oxygens (including phenoxy) is 1. The van der Waals surface area contributed by atoms with Crippen molar-refractivity contribution in [2.45, 2.75) is 58.3 Å². The fourth-order valence-corrected chi connectivity index (χ4v) is 7.23. The Balaban J connectivity index is 1.46. The Morgan fingerprint density at radius 3 is 2.49 bits per heavy atom. The molecule has 1 aliphatic carbocycles. The lowest BCUT2D eigenvalue weighted by Gasteiger charge is -2.29. The highest BCUT2D eigenvalue weighted by Gasteiger charge is 2.26. The molecule has 4 aromatic rings. The molecule has 3 heterocycles. The van der Waals surface area contributed by atoms with Gasteiger partial charge in [0.05, 0.1) is 52.0 Å². The number of carboxylic acid groups (broad SMARTS) is 1. The molecule has 2 fully saturated rings. The Hall–Kier alpha value is -3.62. The van der Waals surface area contributed by atoms with Crippen LogP contribution in [0.2, 0.25) is 0 Å². The molecule has 2 aromatic heterocycles. The number of rotatable bonds is 6. The minimum atomic E-state index is -0.961. The zero-order valence-corrected chi connectivity index (χ0v) is 24.4. The van der Waals surface area contributed by atoms with Gasteiger partial charge in [-0.15, -0.1) is 11.3 Å². The molecule has 41 heavy (non-hydrogen) atoms. The number of hydrogen-bond donors (Lipinski definition) is 1. The molecule has 0 unspecified atom stereocenters. The zero-order chi connectivity index (χ0) is 28.5. The minimum absolute atomic E-state index is 0.00833. The van der Waals surface area contributed by atoms with Crippen molar-refractivity contribution in [2.24, 2.45) is 0 Å². The molecule has 1 aliphatic heterocycles. The van der Waals surface area contributed by atoms with Gasteiger partial charge < -0.3 is 14.7 Å². The molecular weight excluding hydrogens is 534 g/mol. The Kier molecular flexibility index (Phi) is 7.86. The van der Waals surface area contributed by atoms with Crippen molar-refractivity contribution in [2.75, 3.05) is 26.3 Å². The molecule has 8 heteroatoms. The van der Waals surface area contributed by atoms with Gasteiger partial charge in [-0.05, 0) is 85.2 Å². The SMILES string of the molecule is Cc1nc(C)c(-c2ccc3cc(-c4c(CC(=O)N5CCOCC5)cc(C(=O)O)cc4C4CCCCC4)ccc3n2)s1. The average molecular weight is 570 g/mol. The van der Waals surface area contributed by atoms with Gasteiger partial charge in [-0.25, -0.2) is 14.8 Å². The van der Waals surface area contributed by atoms with Crippen molar-refractivity contribution < 1.29 is 19.4 Å². The fourth-order valence-electron chi connectivity index (χ4n) is 6.34. The molecule has 212 valence electrons. The van der Waals surface area contributed by atoms with Gasteiger partial charge in [0.25, 0.3) is 0 Å². The summed E-state index contributed by atoms with van der Waals surface area (Å²) in [5.74, 6) is -0.685. The van der Waals surface area contributed by atoms with Gasteiger partial charge in [-0.1, -0.05) is 31.4 Å². The summed E-state index contributed by atoms with van der Waals surface area (Å²) in [7, 11) is 0. The molecule has 6 rings (SSSR count). The number of carbonyl (C=O) groups excluding carboxylic acids is 1. The molecule has 0 bridgehead atoms. The van der Waals surface area contributed by atoms with Crippen LogP contribution in [0.5, 0.6) is 0 Å². The van der Waals surface area contributed by atoms with E-state index in [4.69, 9.17) is 9.72 Å². The summed E-state index contributed by atoms with van der Waals surface area (Å²) in [6.07, 6.45) is 5.68. The highest BCUT2D eigenvalue weighted by molar-refractivity contribution is 7.15. The molecule has 1 saturated carbocycles. The Morgan fingerprint density at radius 2 is 1.78 bits per heavy atom. The summed E-state index contributed by atoms with van der Waals surface area (Å²) >= 11 is 1.65. The summed E-state index contributed by atoms with van der Waals surface area (Å²) in [6.45, 7) is 6.20. The second-order valence-electron chi connectivity index (χ2n) is 11.2. The number of aromatic nitrogens is 2. The fraction of sp³-hybridized carbons (Fsp3) is 0.394. The third kappa shape index (κ3) is 5.76. The highest BCUT2D eigenvalue weighted by atomic mass is 32.1. The number of nitrogens with zero attached hydrogens (tertiary/aromatic N) is 3. The third-order valence-electron chi connectivity index (χ3n) is 8.36. The zero-order valence-electron chi connectivity index (χ0n) is 23.6. The molecule has 7 nitrogen and oxygen atoms in total. The van der Waals surface area contributed by atoms with Crippen LogP contribution in [0.4, 0.5) is 0 Å². The first-order valence-electron chi connectivity index (χ1n) is 14.5. The summed E-state index contributed by atoms with van der Waals surface area (Å²) in [5.41, 5.74) is 6.88. The monoisotopic (exact) mass is 569 g/mol. The maximum absolute atomic E-state index is 13.4. The van der Waals surface area contributed by atoms with Crippen molar-refractivity contribution in [1.29, 1.82) is 0 Å². The molecule has 1 saturated heterocycles. The molecule has 1 amide bonds. The lowest BCUT2D eigenvalue weighted by Crippen LogP contribution is -2.41. The van der Waals surface area contributed by atoms with Gasteiger partial charge >= 0.3 is 5.97 Å². The van der Waals surface area contributed by atoms with E-state index in [1.54, 1.807) is 17.4 Å². The molecule has 2 aromatic carbocycles. The second kappa shape index (κ2) is 11.7. The van der Waals surface area contributed by atoms with Gasteiger partial charge in [-0.2, -0.15) is 0 Å². The number of thiazole rings is 1. The van der Waals surface area contributed by atoms with Gasteiger partial charge in [0.15, 0.2) is 0 Å². The maximum Gasteiger partial charge on any atom is 0.335 e. The Morgan fingerprint density at radius 1 is 1.00 bits per heavy atom. The number of aromatic carboxylic acids is 1. The number of pyridine rings is 1. The Labute approximate surface area is 244 Å². The van der Waals surface area contributed by atoms with Crippen molar-refractivity contribution >= 4 is 34.1 Å². The molecule has 0 spiro atoms. The van der Waals surface area contributed by atoms with E-state index < -0.39 is 5.97 Å². The van der Waals surface area contributed by atoms with Gasteiger partial charge in [0.1, 0.15) is 0 Å². The number of carboxylic acids is 1. The van der Waals surface area contributed by atoms with E-state index in [1.807, 2.05) is 36.9 Å². The van der Waals surface area contributed by atoms with Crippen LogP contribution >= 0.6 is 11.3 Å². The number of amides is 1. The molecule has 2 aliphatic rings. The number of aryl methyl sites for hydroxylation is 2. The summed E-state index contributed by atoms with van der Waals surface area (Å²) < 4.78 is 5.45. The van der Waals surface area contributed by atoms with Crippen LogP contribution in [-0.4, -0.2) is 58.2 Å². The van der Waals surface area contributed by atoms with Crippen LogP contribution in [0.1, 0.15) is 70.2 Å². The van der Waals surface area contributed by atoms with Gasteiger partial charge in [-0.3, -0.25) is 4.79 Å². The van der Waals surface area contributed by atoms with Crippen LogP contribution in [0, 0.1) is 13.8 Å². The van der Waals surface area contributed by atoms with E-state index >= 15 is 0 Å². The first-order chi connectivity index (χ1) is 19.9. The average Bonchev–Trinajstić information content (AvgIpc) is 3.34. The van der Waals surface area contributed by atoms with Crippen LogP contribution in [0.15, 0.2) is 42.5 Å². The van der Waals surface area contributed by atoms with E-state index in [1.165, 1.54) is 6.42 Å². The van der Waals surface area contributed by atoms with Crippen LogP contribution < -0.4 is 0 Å². The van der Waals surface area contributed by atoms with Crippen LogP contribution in [-0.2, 0) is 16.0 Å². The first kappa shape index (κ1) is 27.5. The number of carbonyl (C=O) groups is 2. The van der Waals surface area contributed by atoms with Crippen LogP contribution in [0.25, 0.3) is 32.6 Å². The van der Waals surface area contributed by atoms with E-state index in [9.17, 15) is 14.7 Å². The van der Waals surface area contributed by atoms with Crippen molar-refractivity contribution in [3.63, 3.8) is 0 Å². The normalized spacial score (nSPS) is 16.3. The highest BCUT2D eigenvalue weighted by Crippen LogP contribution is 2.42. The van der Waals surface area contributed by atoms with Crippen molar-refractivity contribution in [3.8, 4) is 21.7 Å². The van der Waals surface area contributed by atoms with E-state index in [0.717, 1.165) is 80.1 Å². The summed E-state index contributed by atoms with van der Waals surface area (Å²) in [5, 5.41) is 12.1. The lowest BCUT2D eigenvalue weighted by atomic mass is 9.78. The number of hydrogen-bond acceptors (Lipinski definition) is 6. The quantitative estimate of drug-likeness (QED) is 0.275. The molecule has 0 radical (unpaired) electrons.